The Bertz CT molecular complexity index is 1210. The molecule has 0 aliphatic carbocycles. The second kappa shape index (κ2) is 8.76. The van der Waals surface area contributed by atoms with Crippen molar-refractivity contribution in [3.05, 3.63) is 52.5 Å². The van der Waals surface area contributed by atoms with E-state index in [1.165, 1.54) is 36.9 Å². The summed E-state index contributed by atoms with van der Waals surface area (Å²) in [5.74, 6) is -0.819. The van der Waals surface area contributed by atoms with Gasteiger partial charge in [-0.25, -0.2) is 0 Å². The van der Waals surface area contributed by atoms with E-state index in [1.54, 1.807) is 0 Å². The predicted octanol–water partition coefficient (Wildman–Crippen LogP) is 2.05. The van der Waals surface area contributed by atoms with Gasteiger partial charge in [-0.3, -0.25) is 9.78 Å². The number of benzene rings is 1. The quantitative estimate of drug-likeness (QED) is 0.480. The van der Waals surface area contributed by atoms with Gasteiger partial charge in [-0.2, -0.15) is 19.0 Å². The minimum Gasteiger partial charge on any atom is -1.00 e. The van der Waals surface area contributed by atoms with Crippen LogP contribution in [0.25, 0.3) is 21.9 Å². The van der Waals surface area contributed by atoms with E-state index in [1.807, 2.05) is 0 Å². The molecule has 12 heteroatoms. The average Bonchev–Trinajstić information content (AvgIpc) is 3.05. The van der Waals surface area contributed by atoms with Gasteiger partial charge in [0.15, 0.2) is 16.9 Å². The maximum atomic E-state index is 12.9. The number of anilines is 1. The number of halogens is 4. The van der Waals surface area contributed by atoms with Crippen LogP contribution in [0.15, 0.2) is 41.3 Å². The van der Waals surface area contributed by atoms with Crippen LogP contribution in [0.3, 0.4) is 0 Å². The van der Waals surface area contributed by atoms with Crippen LogP contribution in [0.1, 0.15) is 11.8 Å². The van der Waals surface area contributed by atoms with Gasteiger partial charge in [0.25, 0.3) is 5.91 Å². The summed E-state index contributed by atoms with van der Waals surface area (Å²) < 4.78 is 35.5. The van der Waals surface area contributed by atoms with E-state index in [-0.39, 0.29) is 74.6 Å². The van der Waals surface area contributed by atoms with Crippen molar-refractivity contribution < 1.29 is 53.7 Å². The maximum Gasteiger partial charge on any atom is 1.00 e. The number of alkyl halides is 2. The van der Waals surface area contributed by atoms with E-state index >= 15 is 0 Å². The van der Waals surface area contributed by atoms with Crippen molar-refractivity contribution in [2.75, 3.05) is 5.32 Å². The first-order valence-electron chi connectivity index (χ1n) is 7.66. The minimum absolute atomic E-state index is 0. The van der Waals surface area contributed by atoms with E-state index in [0.29, 0.717) is 5.39 Å². The van der Waals surface area contributed by atoms with Crippen molar-refractivity contribution in [3.63, 3.8) is 0 Å². The van der Waals surface area contributed by atoms with E-state index in [9.17, 15) is 13.6 Å². The van der Waals surface area contributed by atoms with Crippen LogP contribution in [-0.2, 0) is 0 Å². The Labute approximate surface area is 195 Å². The third-order valence-corrected chi connectivity index (χ3v) is 4.42. The number of carbonyl (C=O) groups excluding carboxylic acids is 1. The number of nitrogens with one attached hydrogen (secondary N) is 1. The smallest absolute Gasteiger partial charge is 1.00 e. The number of furan rings is 1. The average molecular weight is 449 g/mol. The van der Waals surface area contributed by atoms with Crippen LogP contribution in [0.5, 0.6) is 5.75 Å². The van der Waals surface area contributed by atoms with Crippen molar-refractivity contribution >= 4 is 56.7 Å². The van der Waals surface area contributed by atoms with Crippen LogP contribution in [0.4, 0.5) is 14.5 Å². The number of amides is 1. The molecule has 0 aliphatic rings. The molecule has 0 fully saturated rings. The van der Waals surface area contributed by atoms with Crippen molar-refractivity contribution in [1.29, 1.82) is 0 Å². The van der Waals surface area contributed by atoms with Gasteiger partial charge < -0.3 is 15.9 Å². The molecule has 4 aromatic rings. The third-order valence-electron chi connectivity index (χ3n) is 3.85. The van der Waals surface area contributed by atoms with E-state index in [2.05, 4.69) is 25.2 Å². The molecule has 29 heavy (non-hydrogen) atoms. The Morgan fingerprint density at radius 3 is 2.52 bits per heavy atom. The molecule has 0 radical (unpaired) electrons. The zero-order valence-electron chi connectivity index (χ0n) is 15.6. The van der Waals surface area contributed by atoms with Gasteiger partial charge >= 0.3 is 36.2 Å². The number of pyridine rings is 1. The summed E-state index contributed by atoms with van der Waals surface area (Å²) in [5.41, 5.74) is 0.498. The molecule has 0 aliphatic heterocycles. The Morgan fingerprint density at radius 2 is 1.83 bits per heavy atom. The third kappa shape index (κ3) is 4.15. The van der Waals surface area contributed by atoms with Gasteiger partial charge in [-0.05, 0) is 12.1 Å². The zero-order valence-corrected chi connectivity index (χ0v) is 18.1. The maximum absolute atomic E-state index is 12.9. The summed E-state index contributed by atoms with van der Waals surface area (Å²) in [6.07, 6.45) is 5.30. The number of hydrogen-bond donors (Lipinski definition) is 1. The summed E-state index contributed by atoms with van der Waals surface area (Å²) in [7, 11) is 0. The number of carbonyl (C=O) groups is 1. The largest absolute Gasteiger partial charge is 1.00 e. The van der Waals surface area contributed by atoms with Crippen molar-refractivity contribution in [2.45, 2.75) is 6.61 Å². The summed E-state index contributed by atoms with van der Waals surface area (Å²) in [6, 6.07) is 2.54. The Kier molecular flexibility index (Phi) is 6.55. The number of fused-ring (bicyclic) bond motifs is 3. The molecule has 1 N–H and O–H groups in total. The van der Waals surface area contributed by atoms with Gasteiger partial charge in [-0.15, -0.1) is 0 Å². The van der Waals surface area contributed by atoms with Crippen LogP contribution in [-0.4, -0.2) is 27.7 Å². The van der Waals surface area contributed by atoms with Gasteiger partial charge in [0.2, 0.25) is 0 Å². The first-order valence-corrected chi connectivity index (χ1v) is 8.42. The molecule has 7 nitrogen and oxygen atoms in total. The Balaban J connectivity index is 0.00000160. The topological polar surface area (TPSA) is 90.1 Å². The fraction of sp³-hybridized carbons (Fsp3) is 0.0588. The number of ether oxygens (including phenoxy) is 1. The summed E-state index contributed by atoms with van der Waals surface area (Å²) in [4.78, 5) is 16.7. The van der Waals surface area contributed by atoms with Crippen LogP contribution < -0.4 is 39.6 Å². The SMILES string of the molecule is O=C(Nc1c(Cl)cncc1Cl)c1ccc(OC(F)F)c2oc3cnncc3c12.[H-].[Na+]. The molecule has 3 heterocycles. The monoisotopic (exact) mass is 448 g/mol. The Morgan fingerprint density at radius 1 is 1.14 bits per heavy atom. The fourth-order valence-electron chi connectivity index (χ4n) is 2.71. The van der Waals surface area contributed by atoms with Crippen LogP contribution in [0.2, 0.25) is 10.0 Å². The molecule has 0 atom stereocenters. The fourth-order valence-corrected chi connectivity index (χ4v) is 3.17. The summed E-state index contributed by atoms with van der Waals surface area (Å²) in [6.45, 7) is -3.07. The summed E-state index contributed by atoms with van der Waals surface area (Å²) >= 11 is 12.1. The van der Waals surface area contributed by atoms with Crippen molar-refractivity contribution in [3.8, 4) is 5.75 Å². The predicted molar refractivity (Wildman–Crippen MR) is 99.3 cm³/mol. The van der Waals surface area contributed by atoms with E-state index in [4.69, 9.17) is 27.6 Å². The Hall–Kier alpha value is -2.04. The van der Waals surface area contributed by atoms with Gasteiger partial charge in [0, 0.05) is 17.8 Å². The number of nitrogens with zero attached hydrogens (tertiary/aromatic N) is 3. The molecule has 0 spiro atoms. The molecule has 3 aromatic heterocycles. The molecular weight excluding hydrogens is 440 g/mol. The number of aromatic nitrogens is 3. The van der Waals surface area contributed by atoms with E-state index in [0.717, 1.165) is 0 Å². The number of rotatable bonds is 4. The molecule has 0 saturated carbocycles. The summed E-state index contributed by atoms with van der Waals surface area (Å²) in [5, 5.41) is 11.0. The van der Waals surface area contributed by atoms with Crippen LogP contribution in [0, 0.1) is 0 Å². The molecular formula is C17H9Cl2F2N4NaO3. The molecule has 0 unspecified atom stereocenters. The molecule has 1 aromatic carbocycles. The zero-order chi connectivity index (χ0) is 19.8. The molecule has 1 amide bonds. The second-order valence-corrected chi connectivity index (χ2v) is 6.31. The molecule has 0 bridgehead atoms. The van der Waals surface area contributed by atoms with Gasteiger partial charge in [0.1, 0.15) is 0 Å². The first kappa shape index (κ1) is 21.7. The minimum atomic E-state index is -3.07. The molecule has 0 saturated heterocycles. The van der Waals surface area contributed by atoms with Crippen molar-refractivity contribution in [1.82, 2.24) is 15.2 Å². The van der Waals surface area contributed by atoms with E-state index < -0.39 is 12.5 Å². The normalized spacial score (nSPS) is 10.9. The second-order valence-electron chi connectivity index (χ2n) is 5.50. The van der Waals surface area contributed by atoms with Gasteiger partial charge in [0.05, 0.1) is 39.1 Å². The van der Waals surface area contributed by atoms with Crippen LogP contribution >= 0.6 is 23.2 Å². The first-order chi connectivity index (χ1) is 13.5. The molecule has 144 valence electrons. The van der Waals surface area contributed by atoms with Crippen molar-refractivity contribution in [2.24, 2.45) is 0 Å². The molecule has 4 rings (SSSR count). The number of hydrogen-bond acceptors (Lipinski definition) is 6. The van der Waals surface area contributed by atoms with Gasteiger partial charge in [-0.1, -0.05) is 23.2 Å². The standard InChI is InChI=1S/C17H8Cl2F2N4O3.Na.H/c18-9-4-22-5-10(19)14(9)25-16(26)7-1-2-11(28-17(20)21)15-13(7)8-3-23-24-6-12(8)27-15;;/h1-6,17H,(H,22,25,26);;/q;+1;-1.